The molecule has 6 heterocycles. The highest BCUT2D eigenvalue weighted by molar-refractivity contribution is 5.93. The summed E-state index contributed by atoms with van der Waals surface area (Å²) >= 11 is 0. The number of benzene rings is 3. The number of carbonyl (C=O) groups is 1. The van der Waals surface area contributed by atoms with Gasteiger partial charge in [0.1, 0.15) is 64.3 Å². The van der Waals surface area contributed by atoms with Crippen LogP contribution in [-0.4, -0.2) is 90.5 Å². The fourth-order valence-electron chi connectivity index (χ4n) is 22.5. The molecular weight excluding hydrogens is 1210 g/mol. The van der Waals surface area contributed by atoms with E-state index in [4.69, 9.17) is 19.6 Å². The third kappa shape index (κ3) is 10.1. The quantitative estimate of drug-likeness (QED) is 0.0520. The molecule has 3 aromatic carbocycles. The predicted octanol–water partition coefficient (Wildman–Crippen LogP) is 11.5. The molecule has 7 aliphatic carbocycles. The standard InChI is InChI=1S/C80H98N4O12/c1-5-61(80(93)36-46-29-48(80)28-44-27-45(71(90)57-15-11-14-53(46)65(44)57)30-50(88)26-40(2)42-12-7-6-8-13-42)77(92)95-64-34-59-72(91)68-63(89)33-51(38-85)94-74(68)69-66-56-22-25-82-75(81)67(56)70(79(23-9-10-24-79)35-43-17-18-49(87)32-58(43)60(66)39-86)55-21-20-52-47(31-62(55)78(64,4)96-73(59)69)37-83-76-54(52)19-16-41(3)84-76/h5,11,14-19,22,32-33,37,40-42,44-46,48,50,55,60,62,64,66,70-71,76,82-88,90-91,93H,6-10,12-13,20-21,23-31,34-36,38-39,81H2,1-4H3. The minimum Gasteiger partial charge on any atom is -0.508 e. The third-order valence-corrected chi connectivity index (χ3v) is 26.9. The Morgan fingerprint density at radius 3 is 2.53 bits per heavy atom. The van der Waals surface area contributed by atoms with Crippen LogP contribution < -0.4 is 31.8 Å². The molecule has 5 aliphatic heterocycles. The zero-order chi connectivity index (χ0) is 66.4. The first kappa shape index (κ1) is 64.0. The molecule has 6 bridgehead atoms. The molecule has 1 spiro atoms. The van der Waals surface area contributed by atoms with Crippen LogP contribution in [0.25, 0.3) is 11.0 Å². The lowest BCUT2D eigenvalue weighted by molar-refractivity contribution is -0.173. The third-order valence-electron chi connectivity index (χ3n) is 26.9. The van der Waals surface area contributed by atoms with E-state index in [0.29, 0.717) is 87.6 Å². The highest BCUT2D eigenvalue weighted by Gasteiger charge is 2.63. The SMILES string of the molecule is CC=C(C(=O)OC1Cc2c3c(c4oc(CO)cc(=O)c4c2O)C2C4=CCNC(N)=C4C(C4CCC5=C6C=CC(C)NC6NC=C5CC4C1(C)O3)C1(CCCC1)Cc1ccc(O)cc1C2CO)C1(O)CC2CC1CC1CC(CC(O)CC(C)C3CCCCC3)C(O)c3cccc2c31. The summed E-state index contributed by atoms with van der Waals surface area (Å²) < 4.78 is 22.2. The van der Waals surface area contributed by atoms with E-state index in [2.05, 4.69) is 73.3 Å². The van der Waals surface area contributed by atoms with Crippen molar-refractivity contribution in [2.24, 2.45) is 52.6 Å². The van der Waals surface area contributed by atoms with Crippen molar-refractivity contribution in [2.75, 3.05) is 13.2 Å². The molecule has 17 atom stereocenters. The van der Waals surface area contributed by atoms with Gasteiger partial charge in [0.25, 0.3) is 0 Å². The van der Waals surface area contributed by atoms with Gasteiger partial charge in [-0.1, -0.05) is 100 Å². The number of phenolic OH excluding ortho intramolecular Hbond substituents is 2. The molecule has 12 N–H and O–H groups in total. The smallest absolute Gasteiger partial charge is 0.337 e. The van der Waals surface area contributed by atoms with Gasteiger partial charge in [-0.25, -0.2) is 4.79 Å². The van der Waals surface area contributed by atoms with Crippen LogP contribution in [0.5, 0.6) is 17.2 Å². The van der Waals surface area contributed by atoms with Gasteiger partial charge < -0.3 is 66.0 Å². The van der Waals surface area contributed by atoms with Gasteiger partial charge in [-0.05, 0) is 218 Å². The lowest BCUT2D eigenvalue weighted by atomic mass is 9.54. The Bertz CT molecular complexity index is 4070. The second-order valence-corrected chi connectivity index (χ2v) is 31.8. The average molecular weight is 1310 g/mol. The van der Waals surface area contributed by atoms with Gasteiger partial charge in [0.2, 0.25) is 0 Å². The molecule has 510 valence electrons. The zero-order valence-corrected chi connectivity index (χ0v) is 56.2. The summed E-state index contributed by atoms with van der Waals surface area (Å²) in [6.07, 6.45) is 23.4. The van der Waals surface area contributed by atoms with Crippen molar-refractivity contribution in [3.05, 3.63) is 167 Å². The Morgan fingerprint density at radius 2 is 1.75 bits per heavy atom. The number of esters is 1. The maximum atomic E-state index is 16.4. The normalized spacial score (nSPS) is 34.7. The minimum atomic E-state index is -1.63. The summed E-state index contributed by atoms with van der Waals surface area (Å²) in [5.74, 6) is -2.78. The van der Waals surface area contributed by atoms with E-state index < -0.39 is 83.0 Å². The molecule has 16 nitrogen and oxygen atoms in total. The van der Waals surface area contributed by atoms with E-state index in [1.165, 1.54) is 49.3 Å². The zero-order valence-electron chi connectivity index (χ0n) is 56.2. The number of allylic oxidation sites excluding steroid dienone is 5. The summed E-state index contributed by atoms with van der Waals surface area (Å²) in [7, 11) is 0. The Hall–Kier alpha value is -6.66. The maximum absolute atomic E-state index is 16.4. The number of hydrogen-bond acceptors (Lipinski definition) is 16. The first-order valence-corrected chi connectivity index (χ1v) is 36.6. The number of fused-ring (bicyclic) bond motifs is 14. The van der Waals surface area contributed by atoms with Gasteiger partial charge in [0.15, 0.2) is 5.43 Å². The molecule has 0 radical (unpaired) electrons. The molecular formula is C80H98N4O12. The Labute approximate surface area is 562 Å². The number of nitrogens with one attached hydrogen (secondary N) is 3. The van der Waals surface area contributed by atoms with E-state index in [-0.39, 0.29) is 99.9 Å². The fourth-order valence-corrected chi connectivity index (χ4v) is 22.5. The number of aliphatic hydroxyl groups is 5. The number of ether oxygens (including phenoxy) is 2. The molecule has 0 amide bonds. The topological polar surface area (TPSA) is 269 Å². The van der Waals surface area contributed by atoms with Gasteiger partial charge in [-0.3, -0.25) is 10.1 Å². The molecule has 4 saturated carbocycles. The predicted molar refractivity (Wildman–Crippen MR) is 365 cm³/mol. The van der Waals surface area contributed by atoms with Crippen molar-refractivity contribution in [1.82, 2.24) is 16.0 Å². The highest BCUT2D eigenvalue weighted by atomic mass is 16.6. The van der Waals surface area contributed by atoms with Crippen molar-refractivity contribution in [2.45, 2.75) is 228 Å². The Kier molecular flexibility index (Phi) is 16.2. The van der Waals surface area contributed by atoms with E-state index in [0.717, 1.165) is 70.2 Å². The number of aromatic hydroxyl groups is 2. The van der Waals surface area contributed by atoms with Gasteiger partial charge >= 0.3 is 5.97 Å². The number of aliphatic hydroxyl groups excluding tert-OH is 4. The Morgan fingerprint density at radius 1 is 0.958 bits per heavy atom. The number of dihydropyridines is 2. The van der Waals surface area contributed by atoms with Crippen molar-refractivity contribution in [1.29, 1.82) is 0 Å². The second-order valence-electron chi connectivity index (χ2n) is 31.8. The first-order valence-electron chi connectivity index (χ1n) is 36.6. The van der Waals surface area contributed by atoms with Crippen molar-refractivity contribution < 1.29 is 54.4 Å². The molecule has 4 aromatic rings. The average Bonchev–Trinajstić information content (AvgIpc) is 1.12. The first-order chi connectivity index (χ1) is 46.3. The van der Waals surface area contributed by atoms with Crippen LogP contribution >= 0.6 is 0 Å². The summed E-state index contributed by atoms with van der Waals surface area (Å²) in [6, 6.07) is 13.1. The molecule has 4 fully saturated rings. The molecule has 1 aromatic heterocycles. The van der Waals surface area contributed by atoms with E-state index >= 15 is 4.79 Å². The van der Waals surface area contributed by atoms with Crippen LogP contribution in [-0.2, 0) is 29.0 Å². The van der Waals surface area contributed by atoms with Crippen molar-refractivity contribution in [3.63, 3.8) is 0 Å². The van der Waals surface area contributed by atoms with Crippen LogP contribution in [0.3, 0.4) is 0 Å². The molecule has 12 aliphatic rings. The van der Waals surface area contributed by atoms with Crippen LogP contribution in [0.15, 0.2) is 121 Å². The van der Waals surface area contributed by atoms with Gasteiger partial charge in [0.05, 0.1) is 30.0 Å². The summed E-state index contributed by atoms with van der Waals surface area (Å²) in [5, 5.41) is 96.9. The maximum Gasteiger partial charge on any atom is 0.337 e. The van der Waals surface area contributed by atoms with E-state index in [9.17, 15) is 40.5 Å². The van der Waals surface area contributed by atoms with Gasteiger partial charge in [-0.2, -0.15) is 0 Å². The lowest BCUT2D eigenvalue weighted by Gasteiger charge is -2.55. The number of hydrogen-bond donors (Lipinski definition) is 11. The van der Waals surface area contributed by atoms with Crippen molar-refractivity contribution in [3.8, 4) is 17.2 Å². The molecule has 16 heteroatoms. The van der Waals surface area contributed by atoms with Gasteiger partial charge in [-0.15, -0.1) is 0 Å². The fraction of sp³-hybridized carbons (Fsp3) is 0.575. The van der Waals surface area contributed by atoms with Crippen LogP contribution in [0.2, 0.25) is 0 Å². The number of carbonyl (C=O) groups excluding carboxylic acids is 1. The summed E-state index contributed by atoms with van der Waals surface area (Å²) in [4.78, 5) is 31.3. The van der Waals surface area contributed by atoms with Crippen molar-refractivity contribution >= 4 is 16.9 Å². The van der Waals surface area contributed by atoms with Gasteiger partial charge in [0, 0.05) is 60.2 Å². The van der Waals surface area contributed by atoms with Crippen LogP contribution in [0.4, 0.5) is 0 Å². The molecule has 17 unspecified atom stereocenters. The van der Waals surface area contributed by atoms with E-state index in [1.54, 1.807) is 25.1 Å². The number of rotatable bonds is 10. The van der Waals surface area contributed by atoms with Crippen LogP contribution in [0, 0.1) is 46.8 Å². The lowest BCUT2D eigenvalue weighted by Crippen LogP contribution is -2.60. The second kappa shape index (κ2) is 24.4. The number of phenols is 2. The highest BCUT2D eigenvalue weighted by Crippen LogP contribution is 2.67. The minimum absolute atomic E-state index is 0.00912. The van der Waals surface area contributed by atoms with Crippen LogP contribution in [0.1, 0.15) is 218 Å². The summed E-state index contributed by atoms with van der Waals surface area (Å²) in [6.45, 7) is 7.58. The molecule has 0 saturated heterocycles. The number of nitrogens with two attached hydrogens (primary N) is 1. The Balaban J connectivity index is 0.854. The monoisotopic (exact) mass is 1310 g/mol. The molecule has 16 rings (SSSR count). The van der Waals surface area contributed by atoms with E-state index in [1.807, 2.05) is 12.1 Å². The largest absolute Gasteiger partial charge is 0.508 e. The molecule has 96 heavy (non-hydrogen) atoms. The summed E-state index contributed by atoms with van der Waals surface area (Å²) in [5.41, 5.74) is 14.5.